The summed E-state index contributed by atoms with van der Waals surface area (Å²) in [6.45, 7) is 6.51. The normalized spacial score (nSPS) is 20.4. The second-order valence-electron chi connectivity index (χ2n) is 5.17. The molecule has 2 N–H and O–H groups in total. The first-order valence-corrected chi connectivity index (χ1v) is 6.63. The maximum Gasteiger partial charge on any atom is 0.0459 e. The van der Waals surface area contributed by atoms with Crippen LogP contribution in [0.3, 0.4) is 0 Å². The summed E-state index contributed by atoms with van der Waals surface area (Å²) >= 11 is 0. The van der Waals surface area contributed by atoms with Crippen LogP contribution in [0.4, 0.5) is 0 Å². The van der Waals surface area contributed by atoms with Gasteiger partial charge in [-0.05, 0) is 44.0 Å². The zero-order valence-corrected chi connectivity index (χ0v) is 10.7. The number of pyridine rings is 1. The highest BCUT2D eigenvalue weighted by molar-refractivity contribution is 5.10. The van der Waals surface area contributed by atoms with Crippen molar-refractivity contribution >= 4 is 0 Å². The molecule has 1 fully saturated rings. The molecule has 0 radical (unpaired) electrons. The van der Waals surface area contributed by atoms with Crippen molar-refractivity contribution in [2.45, 2.75) is 25.7 Å². The first-order valence-electron chi connectivity index (χ1n) is 6.63. The Morgan fingerprint density at radius 2 is 2.18 bits per heavy atom. The predicted molar refractivity (Wildman–Crippen MR) is 70.9 cm³/mol. The van der Waals surface area contributed by atoms with Gasteiger partial charge in [-0.3, -0.25) is 4.98 Å². The van der Waals surface area contributed by atoms with E-state index >= 15 is 0 Å². The summed E-state index contributed by atoms with van der Waals surface area (Å²) in [5.41, 5.74) is 7.02. The summed E-state index contributed by atoms with van der Waals surface area (Å²) in [6, 6.07) is 6.09. The van der Waals surface area contributed by atoms with Crippen LogP contribution in [0.25, 0.3) is 0 Å². The third-order valence-corrected chi connectivity index (χ3v) is 3.75. The first-order chi connectivity index (χ1) is 8.29. The molecule has 0 amide bonds. The Morgan fingerprint density at radius 1 is 1.41 bits per heavy atom. The number of hydrogen-bond donors (Lipinski definition) is 1. The third kappa shape index (κ3) is 3.51. The number of rotatable bonds is 4. The standard InChI is InChI=1S/C14H23N3/c1-12-5-8-17(9-6-12)11-13(10-15)14-4-2-3-7-16-14/h2-4,7,12-13H,5-6,8-11,15H2,1H3. The predicted octanol–water partition coefficient (Wildman–Crippen LogP) is 1.86. The van der Waals surface area contributed by atoms with Gasteiger partial charge < -0.3 is 10.6 Å². The minimum Gasteiger partial charge on any atom is -0.330 e. The van der Waals surface area contributed by atoms with E-state index in [0.717, 1.165) is 18.2 Å². The van der Waals surface area contributed by atoms with Gasteiger partial charge in [0.15, 0.2) is 0 Å². The highest BCUT2D eigenvalue weighted by Gasteiger charge is 2.20. The highest BCUT2D eigenvalue weighted by Crippen LogP contribution is 2.19. The van der Waals surface area contributed by atoms with Gasteiger partial charge in [0.2, 0.25) is 0 Å². The van der Waals surface area contributed by atoms with Crippen LogP contribution < -0.4 is 5.73 Å². The number of nitrogens with two attached hydrogens (primary N) is 1. The van der Waals surface area contributed by atoms with E-state index in [0.29, 0.717) is 12.5 Å². The van der Waals surface area contributed by atoms with Crippen LogP contribution in [0.1, 0.15) is 31.4 Å². The second-order valence-corrected chi connectivity index (χ2v) is 5.17. The van der Waals surface area contributed by atoms with Gasteiger partial charge in [0.25, 0.3) is 0 Å². The molecular formula is C14H23N3. The fourth-order valence-corrected chi connectivity index (χ4v) is 2.46. The Morgan fingerprint density at radius 3 is 2.76 bits per heavy atom. The fourth-order valence-electron chi connectivity index (χ4n) is 2.46. The molecule has 0 aliphatic carbocycles. The van der Waals surface area contributed by atoms with Gasteiger partial charge in [-0.15, -0.1) is 0 Å². The molecule has 3 nitrogen and oxygen atoms in total. The molecule has 1 saturated heterocycles. The lowest BCUT2D eigenvalue weighted by atomic mass is 9.97. The molecule has 2 rings (SSSR count). The van der Waals surface area contributed by atoms with E-state index in [1.54, 1.807) is 0 Å². The minimum atomic E-state index is 0.379. The zero-order chi connectivity index (χ0) is 12.1. The van der Waals surface area contributed by atoms with Crippen molar-refractivity contribution in [2.75, 3.05) is 26.2 Å². The molecule has 0 spiro atoms. The van der Waals surface area contributed by atoms with Gasteiger partial charge in [-0.2, -0.15) is 0 Å². The first kappa shape index (κ1) is 12.5. The van der Waals surface area contributed by atoms with E-state index in [-0.39, 0.29) is 0 Å². The van der Waals surface area contributed by atoms with Crippen molar-refractivity contribution in [1.82, 2.24) is 9.88 Å². The Kier molecular flexibility index (Phi) is 4.51. The third-order valence-electron chi connectivity index (χ3n) is 3.75. The van der Waals surface area contributed by atoms with E-state index in [1.807, 2.05) is 18.3 Å². The summed E-state index contributed by atoms with van der Waals surface area (Å²) in [6.07, 6.45) is 4.50. The van der Waals surface area contributed by atoms with Gasteiger partial charge >= 0.3 is 0 Å². The second kappa shape index (κ2) is 6.12. The number of piperidine rings is 1. The molecular weight excluding hydrogens is 210 g/mol. The van der Waals surface area contributed by atoms with Gasteiger partial charge in [0, 0.05) is 30.9 Å². The van der Waals surface area contributed by atoms with Crippen molar-refractivity contribution in [3.05, 3.63) is 30.1 Å². The molecule has 0 saturated carbocycles. The highest BCUT2D eigenvalue weighted by atomic mass is 15.1. The summed E-state index contributed by atoms with van der Waals surface area (Å²) in [7, 11) is 0. The molecule has 1 atom stereocenters. The smallest absolute Gasteiger partial charge is 0.0459 e. The van der Waals surface area contributed by atoms with Crippen LogP contribution in [0.5, 0.6) is 0 Å². The van der Waals surface area contributed by atoms with Crippen LogP contribution in [-0.4, -0.2) is 36.1 Å². The lowest BCUT2D eigenvalue weighted by molar-refractivity contribution is 0.182. The Hall–Kier alpha value is -0.930. The maximum absolute atomic E-state index is 5.88. The monoisotopic (exact) mass is 233 g/mol. The van der Waals surface area contributed by atoms with E-state index in [2.05, 4.69) is 22.9 Å². The Bertz CT molecular complexity index is 317. The molecule has 94 valence electrons. The number of nitrogens with zero attached hydrogens (tertiary/aromatic N) is 2. The minimum absolute atomic E-state index is 0.379. The van der Waals surface area contributed by atoms with Crippen LogP contribution in [0, 0.1) is 5.92 Å². The average Bonchev–Trinajstić information content (AvgIpc) is 2.39. The van der Waals surface area contributed by atoms with E-state index in [4.69, 9.17) is 5.73 Å². The quantitative estimate of drug-likeness (QED) is 0.863. The zero-order valence-electron chi connectivity index (χ0n) is 10.7. The maximum atomic E-state index is 5.88. The van der Waals surface area contributed by atoms with Crippen molar-refractivity contribution in [3.8, 4) is 0 Å². The average molecular weight is 233 g/mol. The molecule has 1 aliphatic rings. The molecule has 17 heavy (non-hydrogen) atoms. The van der Waals surface area contributed by atoms with Gasteiger partial charge in [-0.25, -0.2) is 0 Å². The summed E-state index contributed by atoms with van der Waals surface area (Å²) < 4.78 is 0. The Labute approximate surface area is 104 Å². The van der Waals surface area contributed by atoms with Crippen molar-refractivity contribution in [2.24, 2.45) is 11.7 Å². The van der Waals surface area contributed by atoms with Crippen LogP contribution in [0.15, 0.2) is 24.4 Å². The Balaban J connectivity index is 1.92. The molecule has 1 aromatic heterocycles. The number of likely N-dealkylation sites (tertiary alicyclic amines) is 1. The van der Waals surface area contributed by atoms with Crippen molar-refractivity contribution < 1.29 is 0 Å². The fraction of sp³-hybridized carbons (Fsp3) is 0.643. The molecule has 0 aromatic carbocycles. The lowest BCUT2D eigenvalue weighted by Gasteiger charge is -2.32. The molecule has 3 heteroatoms. The van der Waals surface area contributed by atoms with Crippen LogP contribution in [0.2, 0.25) is 0 Å². The molecule has 1 aliphatic heterocycles. The van der Waals surface area contributed by atoms with E-state index in [9.17, 15) is 0 Å². The van der Waals surface area contributed by atoms with E-state index < -0.39 is 0 Å². The molecule has 0 bridgehead atoms. The topological polar surface area (TPSA) is 42.1 Å². The van der Waals surface area contributed by atoms with Crippen LogP contribution >= 0.6 is 0 Å². The van der Waals surface area contributed by atoms with E-state index in [1.165, 1.54) is 25.9 Å². The SMILES string of the molecule is CC1CCN(CC(CN)c2ccccn2)CC1. The largest absolute Gasteiger partial charge is 0.330 e. The summed E-state index contributed by atoms with van der Waals surface area (Å²) in [5.74, 6) is 1.27. The number of hydrogen-bond acceptors (Lipinski definition) is 3. The van der Waals surface area contributed by atoms with Crippen LogP contribution in [-0.2, 0) is 0 Å². The molecule has 2 heterocycles. The summed E-state index contributed by atoms with van der Waals surface area (Å²) in [5, 5.41) is 0. The van der Waals surface area contributed by atoms with Crippen molar-refractivity contribution in [3.63, 3.8) is 0 Å². The lowest BCUT2D eigenvalue weighted by Crippen LogP contribution is -2.37. The van der Waals surface area contributed by atoms with Gasteiger partial charge in [-0.1, -0.05) is 13.0 Å². The summed E-state index contributed by atoms with van der Waals surface area (Å²) in [4.78, 5) is 6.96. The molecule has 1 aromatic rings. The number of aromatic nitrogens is 1. The van der Waals surface area contributed by atoms with Crippen molar-refractivity contribution in [1.29, 1.82) is 0 Å². The molecule has 1 unspecified atom stereocenters. The van der Waals surface area contributed by atoms with Gasteiger partial charge in [0.05, 0.1) is 0 Å². The van der Waals surface area contributed by atoms with Gasteiger partial charge in [0.1, 0.15) is 0 Å².